The second kappa shape index (κ2) is 14.8. The molecular formula is C44H44N4OPt. The van der Waals surface area contributed by atoms with Crippen molar-refractivity contribution >= 4 is 21.8 Å². The number of hydrogen-bond donors (Lipinski definition) is 0. The van der Waals surface area contributed by atoms with Crippen molar-refractivity contribution in [1.29, 1.82) is 0 Å². The quantitative estimate of drug-likeness (QED) is 0.129. The van der Waals surface area contributed by atoms with Crippen LogP contribution in [0.4, 0.5) is 0 Å². The van der Waals surface area contributed by atoms with Gasteiger partial charge in [-0.3, -0.25) is 4.68 Å². The molecule has 3 aromatic heterocycles. The molecule has 0 atom stereocenters. The molecule has 0 saturated carbocycles. The van der Waals surface area contributed by atoms with Crippen molar-refractivity contribution < 1.29 is 25.8 Å². The van der Waals surface area contributed by atoms with E-state index in [0.717, 1.165) is 69.7 Å². The maximum Gasteiger partial charge on any atom is 2.00 e. The summed E-state index contributed by atoms with van der Waals surface area (Å²) in [4.78, 5) is 4.88. The molecule has 256 valence electrons. The van der Waals surface area contributed by atoms with E-state index in [9.17, 15) is 0 Å². The summed E-state index contributed by atoms with van der Waals surface area (Å²) in [6.07, 6.45) is 7.46. The Bertz CT molecular complexity index is 2260. The van der Waals surface area contributed by atoms with E-state index in [1.54, 1.807) is 0 Å². The summed E-state index contributed by atoms with van der Waals surface area (Å²) in [5.41, 5.74) is 10.1. The summed E-state index contributed by atoms with van der Waals surface area (Å²) in [7, 11) is 0. The third-order valence-electron chi connectivity index (χ3n) is 9.29. The zero-order valence-corrected chi connectivity index (χ0v) is 32.1. The second-order valence-corrected chi connectivity index (χ2v) is 14.3. The van der Waals surface area contributed by atoms with E-state index in [1.807, 2.05) is 41.2 Å². The molecule has 0 aliphatic rings. The molecule has 0 amide bonds. The smallest absolute Gasteiger partial charge is 0.509 e. The molecule has 50 heavy (non-hydrogen) atoms. The fourth-order valence-corrected chi connectivity index (χ4v) is 6.70. The van der Waals surface area contributed by atoms with Gasteiger partial charge in [0, 0.05) is 34.5 Å². The van der Waals surface area contributed by atoms with E-state index >= 15 is 0 Å². The number of aryl methyl sites for hydroxylation is 3. The van der Waals surface area contributed by atoms with Gasteiger partial charge in [-0.2, -0.15) is 17.2 Å². The van der Waals surface area contributed by atoms with Crippen LogP contribution >= 0.6 is 0 Å². The van der Waals surface area contributed by atoms with Gasteiger partial charge in [-0.05, 0) is 90.9 Å². The first-order chi connectivity index (χ1) is 23.7. The Morgan fingerprint density at radius 3 is 2.34 bits per heavy atom. The van der Waals surface area contributed by atoms with Gasteiger partial charge >= 0.3 is 21.1 Å². The van der Waals surface area contributed by atoms with Crippen LogP contribution in [0.2, 0.25) is 0 Å². The van der Waals surface area contributed by atoms with Gasteiger partial charge < -0.3 is 9.30 Å². The minimum atomic E-state index is 0. The zero-order valence-electron chi connectivity index (χ0n) is 29.8. The molecule has 0 saturated heterocycles. The van der Waals surface area contributed by atoms with Crippen molar-refractivity contribution in [3.8, 4) is 34.1 Å². The van der Waals surface area contributed by atoms with Crippen LogP contribution in [-0.2, 0) is 33.9 Å². The van der Waals surface area contributed by atoms with Crippen LogP contribution in [0.25, 0.3) is 44.4 Å². The zero-order chi connectivity index (χ0) is 34.1. The summed E-state index contributed by atoms with van der Waals surface area (Å²) >= 11 is 0. The van der Waals surface area contributed by atoms with E-state index in [2.05, 4.69) is 119 Å². The molecule has 0 unspecified atom stereocenters. The number of fused-ring (bicyclic) bond motifs is 3. The molecular weight excluding hydrogens is 796 g/mol. The van der Waals surface area contributed by atoms with Crippen LogP contribution in [-0.4, -0.2) is 19.3 Å². The Labute approximate surface area is 310 Å². The monoisotopic (exact) mass is 839 g/mol. The molecule has 0 aliphatic carbocycles. The summed E-state index contributed by atoms with van der Waals surface area (Å²) in [6, 6.07) is 38.8. The molecule has 3 heterocycles. The number of unbranched alkanes of at least 4 members (excludes halogenated alkanes) is 1. The molecule has 7 aromatic rings. The average Bonchev–Trinajstić information content (AvgIpc) is 3.58. The second-order valence-electron chi connectivity index (χ2n) is 14.3. The number of benzene rings is 4. The van der Waals surface area contributed by atoms with Crippen LogP contribution in [0.15, 0.2) is 97.2 Å². The standard InChI is InChI=1S/C44H44N4O.Pt/c1-7-8-13-32-18-21-40-39(26-32)38-20-19-37(29-41(38)47(40)42-27-33(23-25-45-42)22-24-44(4,5)6)49-36-17-12-16-35(28-36)48-31(3)43(30(2)46-48)34-14-10-9-11-15-34;/h9-12,14-21,23,25-27H,7-8,13,22,24H2,1-6H3;/q-2;+2. The Morgan fingerprint density at radius 1 is 0.780 bits per heavy atom. The molecule has 4 aromatic carbocycles. The van der Waals surface area contributed by atoms with E-state index in [1.165, 1.54) is 29.4 Å². The van der Waals surface area contributed by atoms with Crippen LogP contribution in [0.1, 0.15) is 69.5 Å². The van der Waals surface area contributed by atoms with E-state index in [0.29, 0.717) is 11.5 Å². The normalized spacial score (nSPS) is 11.6. The van der Waals surface area contributed by atoms with Gasteiger partial charge in [0.1, 0.15) is 5.82 Å². The van der Waals surface area contributed by atoms with E-state index in [4.69, 9.17) is 14.8 Å². The number of pyridine rings is 1. The largest absolute Gasteiger partial charge is 2.00 e. The number of nitrogens with zero attached hydrogens (tertiary/aromatic N) is 4. The molecule has 5 nitrogen and oxygen atoms in total. The van der Waals surface area contributed by atoms with Crippen LogP contribution in [0.5, 0.6) is 11.5 Å². The third-order valence-corrected chi connectivity index (χ3v) is 9.29. The molecule has 6 heteroatoms. The first-order valence-electron chi connectivity index (χ1n) is 17.5. The van der Waals surface area contributed by atoms with Gasteiger partial charge in [-0.1, -0.05) is 82.1 Å². The number of ether oxygens (including phenoxy) is 1. The van der Waals surface area contributed by atoms with Crippen molar-refractivity contribution in [2.24, 2.45) is 5.41 Å². The van der Waals surface area contributed by atoms with E-state index in [-0.39, 0.29) is 26.5 Å². The molecule has 0 N–H and O–H groups in total. The van der Waals surface area contributed by atoms with Crippen LogP contribution in [0, 0.1) is 31.4 Å². The first kappa shape index (κ1) is 35.4. The van der Waals surface area contributed by atoms with Gasteiger partial charge in [0.05, 0.1) is 5.69 Å². The minimum Gasteiger partial charge on any atom is -0.509 e. The van der Waals surface area contributed by atoms with Crippen molar-refractivity contribution in [1.82, 2.24) is 19.3 Å². The van der Waals surface area contributed by atoms with Crippen molar-refractivity contribution in [3.63, 3.8) is 0 Å². The van der Waals surface area contributed by atoms with Gasteiger partial charge in [0.15, 0.2) is 0 Å². The number of rotatable bonds is 10. The van der Waals surface area contributed by atoms with Crippen LogP contribution in [0.3, 0.4) is 0 Å². The number of hydrogen-bond acceptors (Lipinski definition) is 3. The predicted octanol–water partition coefficient (Wildman–Crippen LogP) is 11.4. The van der Waals surface area contributed by atoms with Crippen molar-refractivity contribution in [3.05, 3.63) is 132 Å². The SMILES string of the molecule is CCCCc1ccc2c(c1)c1ccc(Oc3[c-]c(-n4nc(C)c(-c5ccccc5)c4C)ccc3)[c-]c1n2-c1cc(CCC(C)(C)C)ccn1.[Pt+2]. The maximum atomic E-state index is 6.49. The molecule has 0 bridgehead atoms. The molecule has 0 spiro atoms. The fourth-order valence-electron chi connectivity index (χ4n) is 6.70. The number of aromatic nitrogens is 4. The summed E-state index contributed by atoms with van der Waals surface area (Å²) in [5.74, 6) is 2.13. The van der Waals surface area contributed by atoms with E-state index < -0.39 is 0 Å². The topological polar surface area (TPSA) is 44.9 Å². The van der Waals surface area contributed by atoms with Crippen molar-refractivity contribution in [2.75, 3.05) is 0 Å². The third kappa shape index (κ3) is 7.35. The minimum absolute atomic E-state index is 0. The van der Waals surface area contributed by atoms with Gasteiger partial charge in [-0.15, -0.1) is 35.7 Å². The average molecular weight is 840 g/mol. The Morgan fingerprint density at radius 2 is 1.56 bits per heavy atom. The van der Waals surface area contributed by atoms with Gasteiger partial charge in [-0.25, -0.2) is 4.98 Å². The van der Waals surface area contributed by atoms with Gasteiger partial charge in [0.2, 0.25) is 0 Å². The molecule has 0 fully saturated rings. The summed E-state index contributed by atoms with van der Waals surface area (Å²) < 4.78 is 10.7. The summed E-state index contributed by atoms with van der Waals surface area (Å²) in [5, 5.41) is 7.23. The molecule has 0 radical (unpaired) electrons. The Kier molecular flexibility index (Phi) is 10.5. The van der Waals surface area contributed by atoms with Crippen molar-refractivity contribution in [2.45, 2.75) is 73.6 Å². The Hall–Kier alpha value is -4.47. The molecule has 0 aliphatic heterocycles. The first-order valence-corrected chi connectivity index (χ1v) is 17.5. The predicted molar refractivity (Wildman–Crippen MR) is 201 cm³/mol. The fraction of sp³-hybridized carbons (Fsp3) is 0.273. The maximum absolute atomic E-state index is 6.49. The van der Waals surface area contributed by atoms with Gasteiger partial charge in [0.25, 0.3) is 0 Å². The van der Waals surface area contributed by atoms with Crippen LogP contribution < -0.4 is 4.74 Å². The molecule has 7 rings (SSSR count). The summed E-state index contributed by atoms with van der Waals surface area (Å²) in [6.45, 7) is 13.3. The Balaban J connectivity index is 0.00000432.